The highest BCUT2D eigenvalue weighted by atomic mass is 14.2. The van der Waals surface area contributed by atoms with Gasteiger partial charge in [0.05, 0.1) is 0 Å². The van der Waals surface area contributed by atoms with Crippen molar-refractivity contribution in [2.45, 2.75) is 34.1 Å². The fourth-order valence-electron chi connectivity index (χ4n) is 1.53. The topological polar surface area (TPSA) is 0 Å². The van der Waals surface area contributed by atoms with Crippen LogP contribution in [-0.2, 0) is 0 Å². The van der Waals surface area contributed by atoms with E-state index in [9.17, 15) is 0 Å². The Bertz CT molecular complexity index is 196. The van der Waals surface area contributed by atoms with Gasteiger partial charge < -0.3 is 0 Å². The predicted octanol–water partition coefficient (Wildman–Crippen LogP) is 3.80. The summed E-state index contributed by atoms with van der Waals surface area (Å²) in [5.74, 6) is 2.18. The standard InChI is InChI=1S/C12H20/c1-5-10(4)12-7-6-11(8-12)9(2)3/h6-11H,5H2,1-4H3. The van der Waals surface area contributed by atoms with Crippen LogP contribution in [0.3, 0.4) is 0 Å². The molecule has 68 valence electrons. The van der Waals surface area contributed by atoms with Gasteiger partial charge in [0.1, 0.15) is 0 Å². The van der Waals surface area contributed by atoms with E-state index >= 15 is 0 Å². The number of allylic oxidation sites excluding steroid dienone is 4. The Hall–Kier alpha value is -0.520. The number of hydrogen-bond donors (Lipinski definition) is 0. The van der Waals surface area contributed by atoms with E-state index in [-0.39, 0.29) is 0 Å². The van der Waals surface area contributed by atoms with Crippen LogP contribution in [0.25, 0.3) is 0 Å². The van der Waals surface area contributed by atoms with Crippen LogP contribution < -0.4 is 0 Å². The summed E-state index contributed by atoms with van der Waals surface area (Å²) in [6.45, 7) is 9.12. The Morgan fingerprint density at radius 1 is 1.33 bits per heavy atom. The highest BCUT2D eigenvalue weighted by Crippen LogP contribution is 2.28. The Morgan fingerprint density at radius 3 is 2.42 bits per heavy atom. The quantitative estimate of drug-likeness (QED) is 0.595. The zero-order chi connectivity index (χ0) is 9.14. The van der Waals surface area contributed by atoms with Crippen molar-refractivity contribution in [2.24, 2.45) is 17.8 Å². The van der Waals surface area contributed by atoms with Crippen molar-refractivity contribution in [2.75, 3.05) is 0 Å². The first-order valence-electron chi connectivity index (χ1n) is 5.05. The van der Waals surface area contributed by atoms with E-state index in [0.717, 1.165) is 11.8 Å². The maximum atomic E-state index is 2.43. The van der Waals surface area contributed by atoms with Crippen LogP contribution >= 0.6 is 0 Å². The summed E-state index contributed by atoms with van der Waals surface area (Å²) in [5, 5.41) is 0. The lowest BCUT2D eigenvalue weighted by Crippen LogP contribution is -2.00. The molecule has 1 aliphatic carbocycles. The Labute approximate surface area is 76.4 Å². The van der Waals surface area contributed by atoms with Crippen molar-refractivity contribution < 1.29 is 0 Å². The van der Waals surface area contributed by atoms with Crippen LogP contribution in [0, 0.1) is 17.8 Å². The molecular weight excluding hydrogens is 144 g/mol. The molecule has 0 fully saturated rings. The molecular formula is C12H20. The van der Waals surface area contributed by atoms with Crippen LogP contribution in [0.15, 0.2) is 23.8 Å². The molecule has 0 radical (unpaired) electrons. The van der Waals surface area contributed by atoms with Crippen LogP contribution in [0.1, 0.15) is 34.1 Å². The van der Waals surface area contributed by atoms with Crippen LogP contribution in [0.2, 0.25) is 0 Å². The summed E-state index contributed by atoms with van der Waals surface area (Å²) >= 11 is 0. The van der Waals surface area contributed by atoms with Crippen molar-refractivity contribution in [3.63, 3.8) is 0 Å². The SMILES string of the molecule is CCC(C)C1=CC(C(C)C)C=C1. The lowest BCUT2D eigenvalue weighted by Gasteiger charge is -2.10. The van der Waals surface area contributed by atoms with Gasteiger partial charge in [0, 0.05) is 0 Å². The molecule has 0 heteroatoms. The first-order chi connectivity index (χ1) is 5.65. The predicted molar refractivity (Wildman–Crippen MR) is 55.0 cm³/mol. The van der Waals surface area contributed by atoms with Gasteiger partial charge in [0.2, 0.25) is 0 Å². The average Bonchev–Trinajstić information content (AvgIpc) is 2.51. The lowest BCUT2D eigenvalue weighted by molar-refractivity contribution is 0.551. The van der Waals surface area contributed by atoms with Gasteiger partial charge >= 0.3 is 0 Å². The number of rotatable bonds is 3. The van der Waals surface area contributed by atoms with E-state index in [1.165, 1.54) is 12.0 Å². The van der Waals surface area contributed by atoms with E-state index in [0.29, 0.717) is 5.92 Å². The third-order valence-corrected chi connectivity index (χ3v) is 2.85. The lowest BCUT2D eigenvalue weighted by atomic mass is 9.95. The summed E-state index contributed by atoms with van der Waals surface area (Å²) < 4.78 is 0. The Kier molecular flexibility index (Phi) is 3.13. The van der Waals surface area contributed by atoms with Crippen LogP contribution in [-0.4, -0.2) is 0 Å². The molecule has 12 heavy (non-hydrogen) atoms. The zero-order valence-corrected chi connectivity index (χ0v) is 8.67. The molecule has 1 aliphatic rings. The van der Waals surface area contributed by atoms with E-state index in [2.05, 4.69) is 45.9 Å². The minimum Gasteiger partial charge on any atom is -0.0771 e. The average molecular weight is 164 g/mol. The summed E-state index contributed by atoms with van der Waals surface area (Å²) in [4.78, 5) is 0. The molecule has 0 nitrogen and oxygen atoms in total. The van der Waals surface area contributed by atoms with Gasteiger partial charge in [-0.3, -0.25) is 0 Å². The molecule has 1 rings (SSSR count). The first kappa shape index (κ1) is 9.57. The molecule has 2 unspecified atom stereocenters. The summed E-state index contributed by atoms with van der Waals surface area (Å²) in [6.07, 6.45) is 8.32. The van der Waals surface area contributed by atoms with Gasteiger partial charge in [-0.25, -0.2) is 0 Å². The normalized spacial score (nSPS) is 24.8. The molecule has 0 spiro atoms. The smallest absolute Gasteiger partial charge is 0.00213 e. The highest BCUT2D eigenvalue weighted by Gasteiger charge is 2.15. The van der Waals surface area contributed by atoms with Crippen LogP contribution in [0.4, 0.5) is 0 Å². The maximum absolute atomic E-state index is 2.43. The van der Waals surface area contributed by atoms with Crippen LogP contribution in [0.5, 0.6) is 0 Å². The molecule has 0 aromatic rings. The molecule has 0 heterocycles. The van der Waals surface area contributed by atoms with E-state index < -0.39 is 0 Å². The van der Waals surface area contributed by atoms with Gasteiger partial charge in [-0.15, -0.1) is 0 Å². The van der Waals surface area contributed by atoms with E-state index in [4.69, 9.17) is 0 Å². The molecule has 0 N–H and O–H groups in total. The highest BCUT2D eigenvalue weighted by molar-refractivity contribution is 5.30. The minimum absolute atomic E-state index is 0.689. The molecule has 0 aliphatic heterocycles. The zero-order valence-electron chi connectivity index (χ0n) is 8.67. The molecule has 0 saturated heterocycles. The maximum Gasteiger partial charge on any atom is -0.00213 e. The first-order valence-corrected chi connectivity index (χ1v) is 5.05. The van der Waals surface area contributed by atoms with Crippen molar-refractivity contribution in [3.8, 4) is 0 Å². The van der Waals surface area contributed by atoms with Gasteiger partial charge in [-0.2, -0.15) is 0 Å². The second kappa shape index (κ2) is 3.93. The minimum atomic E-state index is 0.689. The second-order valence-corrected chi connectivity index (χ2v) is 4.16. The van der Waals surface area contributed by atoms with Gasteiger partial charge in [0.25, 0.3) is 0 Å². The molecule has 0 saturated carbocycles. The molecule has 2 atom stereocenters. The third-order valence-electron chi connectivity index (χ3n) is 2.85. The molecule has 0 bridgehead atoms. The summed E-state index contributed by atoms with van der Waals surface area (Å²) in [5.41, 5.74) is 1.54. The summed E-state index contributed by atoms with van der Waals surface area (Å²) in [7, 11) is 0. The second-order valence-electron chi connectivity index (χ2n) is 4.16. The van der Waals surface area contributed by atoms with Crippen molar-refractivity contribution in [1.29, 1.82) is 0 Å². The third kappa shape index (κ3) is 2.00. The molecule has 0 amide bonds. The largest absolute Gasteiger partial charge is 0.0771 e. The molecule has 0 aromatic heterocycles. The van der Waals surface area contributed by atoms with Gasteiger partial charge in [-0.05, 0) is 29.7 Å². The van der Waals surface area contributed by atoms with Gasteiger partial charge in [-0.1, -0.05) is 45.9 Å². The van der Waals surface area contributed by atoms with E-state index in [1.54, 1.807) is 0 Å². The molecule has 0 aromatic carbocycles. The summed E-state index contributed by atoms with van der Waals surface area (Å²) in [6, 6.07) is 0. The van der Waals surface area contributed by atoms with Crippen molar-refractivity contribution >= 4 is 0 Å². The number of hydrogen-bond acceptors (Lipinski definition) is 0. The van der Waals surface area contributed by atoms with Crippen molar-refractivity contribution in [1.82, 2.24) is 0 Å². The monoisotopic (exact) mass is 164 g/mol. The van der Waals surface area contributed by atoms with Crippen molar-refractivity contribution in [3.05, 3.63) is 23.8 Å². The van der Waals surface area contributed by atoms with Gasteiger partial charge in [0.15, 0.2) is 0 Å². The fraction of sp³-hybridized carbons (Fsp3) is 0.667. The van der Waals surface area contributed by atoms with E-state index in [1.807, 2.05) is 0 Å². The fourth-order valence-corrected chi connectivity index (χ4v) is 1.53. The Balaban J connectivity index is 2.61. The Morgan fingerprint density at radius 2 is 2.00 bits per heavy atom.